The van der Waals surface area contributed by atoms with Gasteiger partial charge in [0.2, 0.25) is 0 Å². The van der Waals surface area contributed by atoms with E-state index in [1.807, 2.05) is 0 Å². The Morgan fingerprint density at radius 1 is 1.39 bits per heavy atom. The summed E-state index contributed by atoms with van der Waals surface area (Å²) in [5, 5.41) is 0. The number of hydrogen-bond donors (Lipinski definition) is 2. The van der Waals surface area contributed by atoms with Crippen LogP contribution in [-0.2, 0) is 25.6 Å². The number of rotatable bonds is 5. The van der Waals surface area contributed by atoms with E-state index < -0.39 is 30.3 Å². The summed E-state index contributed by atoms with van der Waals surface area (Å²) in [5.74, 6) is 0.197. The Kier molecular flexibility index (Phi) is 6.81. The first-order valence-corrected chi connectivity index (χ1v) is 11.9. The van der Waals surface area contributed by atoms with E-state index in [9.17, 15) is 9.69 Å². The average Bonchev–Trinajstić information content (AvgIpc) is 2.79. The number of ether oxygens (including phenoxy) is 1. The smallest absolute Gasteiger partial charge is 0.351 e. The van der Waals surface area contributed by atoms with Gasteiger partial charge in [-0.25, -0.2) is 4.79 Å². The van der Waals surface area contributed by atoms with Crippen LogP contribution in [0.4, 0.5) is 5.82 Å². The van der Waals surface area contributed by atoms with Crippen molar-refractivity contribution in [2.24, 2.45) is 5.41 Å². The SMILES string of the molecule is Cc1cn([C@H]2C[C@H](OP(O)(=S)OC(C)(C)C)[C@@H](CC(C)(C)C)O2)c(=O)nc1N. The van der Waals surface area contributed by atoms with Gasteiger partial charge >= 0.3 is 12.4 Å². The Hall–Kier alpha value is -0.830. The van der Waals surface area contributed by atoms with Crippen LogP contribution in [0.5, 0.6) is 0 Å². The molecule has 2 rings (SSSR count). The van der Waals surface area contributed by atoms with Gasteiger partial charge in [-0.1, -0.05) is 20.8 Å². The number of hydrogen-bond acceptors (Lipinski definition) is 7. The normalized spacial score (nSPS) is 25.6. The molecule has 1 aliphatic rings. The quantitative estimate of drug-likeness (QED) is 0.681. The summed E-state index contributed by atoms with van der Waals surface area (Å²) in [4.78, 5) is 26.7. The van der Waals surface area contributed by atoms with Gasteiger partial charge < -0.3 is 24.4 Å². The molecule has 0 saturated carbocycles. The van der Waals surface area contributed by atoms with Gasteiger partial charge in [-0.3, -0.25) is 4.57 Å². The minimum Gasteiger partial charge on any atom is -0.383 e. The summed E-state index contributed by atoms with van der Waals surface area (Å²) in [6, 6.07) is 0. The van der Waals surface area contributed by atoms with Crippen molar-refractivity contribution in [2.45, 2.75) is 85.3 Å². The van der Waals surface area contributed by atoms with Crippen molar-refractivity contribution in [1.82, 2.24) is 9.55 Å². The second kappa shape index (κ2) is 8.13. The van der Waals surface area contributed by atoms with Crippen LogP contribution >= 0.6 is 6.72 Å². The number of aryl methyl sites for hydroxylation is 1. The molecule has 0 amide bonds. The molecule has 1 fully saturated rings. The molecule has 160 valence electrons. The minimum absolute atomic E-state index is 0.0513. The number of nitrogens with two attached hydrogens (primary N) is 1. The fourth-order valence-corrected chi connectivity index (χ4v) is 5.39. The zero-order valence-electron chi connectivity index (χ0n) is 17.6. The third-order valence-corrected chi connectivity index (χ3v) is 5.93. The summed E-state index contributed by atoms with van der Waals surface area (Å²) in [6.45, 7) is 9.96. The molecule has 0 radical (unpaired) electrons. The zero-order valence-corrected chi connectivity index (χ0v) is 19.3. The summed E-state index contributed by atoms with van der Waals surface area (Å²) in [7, 11) is 0. The van der Waals surface area contributed by atoms with Gasteiger partial charge in [0.15, 0.2) is 0 Å². The van der Waals surface area contributed by atoms with Gasteiger partial charge in [-0.05, 0) is 51.3 Å². The molecule has 0 bridgehead atoms. The molecule has 10 heteroatoms. The van der Waals surface area contributed by atoms with Crippen LogP contribution in [0, 0.1) is 12.3 Å². The molecule has 1 unspecified atom stereocenters. The van der Waals surface area contributed by atoms with Gasteiger partial charge in [0.1, 0.15) is 12.0 Å². The van der Waals surface area contributed by atoms with Gasteiger partial charge in [0, 0.05) is 18.2 Å². The maximum absolute atomic E-state index is 12.3. The lowest BCUT2D eigenvalue weighted by atomic mass is 9.87. The minimum atomic E-state index is -3.48. The third kappa shape index (κ3) is 6.61. The first kappa shape index (κ1) is 23.4. The Morgan fingerprint density at radius 3 is 2.54 bits per heavy atom. The Labute approximate surface area is 171 Å². The van der Waals surface area contributed by atoms with Crippen molar-refractivity contribution in [3.8, 4) is 0 Å². The van der Waals surface area contributed by atoms with Gasteiger partial charge in [0.05, 0.1) is 17.8 Å². The van der Waals surface area contributed by atoms with E-state index in [0.717, 1.165) is 0 Å². The second-order valence-corrected chi connectivity index (χ2v) is 12.2. The first-order chi connectivity index (χ1) is 12.6. The predicted molar refractivity (Wildman–Crippen MR) is 112 cm³/mol. The topological polar surface area (TPSA) is 109 Å². The first-order valence-electron chi connectivity index (χ1n) is 9.29. The number of nitrogen functional groups attached to an aromatic ring is 1. The lowest BCUT2D eigenvalue weighted by Crippen LogP contribution is -2.30. The maximum Gasteiger partial charge on any atom is 0.351 e. The lowest BCUT2D eigenvalue weighted by Gasteiger charge is -2.31. The van der Waals surface area contributed by atoms with Crippen LogP contribution < -0.4 is 11.4 Å². The molecule has 0 spiro atoms. The van der Waals surface area contributed by atoms with Crippen LogP contribution in [0.1, 0.15) is 66.2 Å². The fourth-order valence-electron chi connectivity index (χ4n) is 3.09. The average molecular weight is 434 g/mol. The Morgan fingerprint density at radius 2 is 2.00 bits per heavy atom. The highest BCUT2D eigenvalue weighted by molar-refractivity contribution is 8.07. The molecule has 4 atom stereocenters. The lowest BCUT2D eigenvalue weighted by molar-refractivity contribution is -0.0388. The van der Waals surface area contributed by atoms with E-state index in [0.29, 0.717) is 18.4 Å². The van der Waals surface area contributed by atoms with E-state index in [4.69, 9.17) is 31.3 Å². The molecule has 3 N–H and O–H groups in total. The maximum atomic E-state index is 12.3. The van der Waals surface area contributed by atoms with Crippen molar-refractivity contribution >= 4 is 24.3 Å². The highest BCUT2D eigenvalue weighted by Gasteiger charge is 2.42. The fraction of sp³-hybridized carbons (Fsp3) is 0.778. The molecule has 1 aromatic rings. The van der Waals surface area contributed by atoms with Crippen molar-refractivity contribution in [2.75, 3.05) is 5.73 Å². The zero-order chi connectivity index (χ0) is 21.5. The van der Waals surface area contributed by atoms with Crippen LogP contribution in [-0.4, -0.2) is 32.3 Å². The van der Waals surface area contributed by atoms with Gasteiger partial charge in [-0.15, -0.1) is 0 Å². The van der Waals surface area contributed by atoms with E-state index in [1.165, 1.54) is 4.57 Å². The Bertz CT molecular complexity index is 815. The molecule has 1 aliphatic heterocycles. The van der Waals surface area contributed by atoms with Gasteiger partial charge in [0.25, 0.3) is 0 Å². The molecule has 28 heavy (non-hydrogen) atoms. The number of nitrogens with zero attached hydrogens (tertiary/aromatic N) is 2. The molecular weight excluding hydrogens is 401 g/mol. The van der Waals surface area contributed by atoms with E-state index in [-0.39, 0.29) is 17.3 Å². The van der Waals surface area contributed by atoms with Gasteiger partial charge in [-0.2, -0.15) is 4.98 Å². The summed E-state index contributed by atoms with van der Waals surface area (Å²) in [6.07, 6.45) is 1.20. The number of aromatic nitrogens is 2. The molecular formula is C18H32N3O5PS. The molecule has 0 aromatic carbocycles. The van der Waals surface area contributed by atoms with E-state index in [1.54, 1.807) is 33.9 Å². The summed E-state index contributed by atoms with van der Waals surface area (Å²) < 4.78 is 19.0. The third-order valence-electron chi connectivity index (χ3n) is 4.14. The van der Waals surface area contributed by atoms with Crippen molar-refractivity contribution in [3.05, 3.63) is 22.2 Å². The summed E-state index contributed by atoms with van der Waals surface area (Å²) >= 11 is 5.21. The standard InChI is InChI=1S/C18H32N3O5PS/c1-11-10-21(16(22)20-15(11)19)14-8-12(13(24-14)9-17(2,3)4)25-27(23,28)26-18(5,6)7/h10,12-14H,8-9H2,1-7H3,(H,23,28)(H2,19,20,22)/t12-,13+,14+,27?/m0/s1. The molecule has 1 saturated heterocycles. The second-order valence-electron chi connectivity index (χ2n) is 9.44. The monoisotopic (exact) mass is 433 g/mol. The molecule has 8 nitrogen and oxygen atoms in total. The van der Waals surface area contributed by atoms with Crippen molar-refractivity contribution in [3.63, 3.8) is 0 Å². The van der Waals surface area contributed by atoms with E-state index in [2.05, 4.69) is 25.8 Å². The largest absolute Gasteiger partial charge is 0.383 e. The molecule has 0 aliphatic carbocycles. The van der Waals surface area contributed by atoms with Crippen LogP contribution in [0.25, 0.3) is 0 Å². The highest BCUT2D eigenvalue weighted by atomic mass is 32.5. The predicted octanol–water partition coefficient (Wildman–Crippen LogP) is 3.27. The van der Waals surface area contributed by atoms with E-state index >= 15 is 0 Å². The Balaban J connectivity index is 2.29. The highest BCUT2D eigenvalue weighted by Crippen LogP contribution is 2.52. The van der Waals surface area contributed by atoms with Crippen LogP contribution in [0.2, 0.25) is 0 Å². The molecule has 1 aromatic heterocycles. The number of anilines is 1. The van der Waals surface area contributed by atoms with Crippen molar-refractivity contribution < 1.29 is 18.7 Å². The summed E-state index contributed by atoms with van der Waals surface area (Å²) in [5.41, 5.74) is 5.22. The molecule has 2 heterocycles. The van der Waals surface area contributed by atoms with Crippen LogP contribution in [0.3, 0.4) is 0 Å². The van der Waals surface area contributed by atoms with Crippen molar-refractivity contribution in [1.29, 1.82) is 0 Å². The van der Waals surface area contributed by atoms with Crippen LogP contribution in [0.15, 0.2) is 11.0 Å².